The van der Waals surface area contributed by atoms with Gasteiger partial charge < -0.3 is 0 Å². The Kier molecular flexibility index (Phi) is 4.07. The van der Waals surface area contributed by atoms with Crippen LogP contribution in [0.4, 0.5) is 10.1 Å². The van der Waals surface area contributed by atoms with Gasteiger partial charge in [-0.3, -0.25) is 9.71 Å². The molecule has 1 heterocycles. The largest absolute Gasteiger partial charge is 0.277 e. The number of pyridine rings is 1. The van der Waals surface area contributed by atoms with Gasteiger partial charge in [-0.25, -0.2) is 12.8 Å². The van der Waals surface area contributed by atoms with Crippen LogP contribution in [0.1, 0.15) is 0 Å². The van der Waals surface area contributed by atoms with Crippen LogP contribution in [0.2, 0.25) is 5.02 Å². The summed E-state index contributed by atoms with van der Waals surface area (Å²) in [6.07, 6.45) is 2.61. The van der Waals surface area contributed by atoms with Crippen LogP contribution in [-0.2, 0) is 10.0 Å². The van der Waals surface area contributed by atoms with Crippen molar-refractivity contribution < 1.29 is 12.8 Å². The van der Waals surface area contributed by atoms with E-state index in [0.29, 0.717) is 4.47 Å². The van der Waals surface area contributed by atoms with E-state index in [-0.39, 0.29) is 15.6 Å². The Balaban J connectivity index is 2.39. The SMILES string of the molecule is O=S(=O)(Nc1cc(Cl)ccc1F)c1cncc(Br)c1. The maximum atomic E-state index is 13.5. The Hall–Kier alpha value is -1.18. The van der Waals surface area contributed by atoms with Crippen molar-refractivity contribution in [3.63, 3.8) is 0 Å². The highest BCUT2D eigenvalue weighted by Gasteiger charge is 2.17. The molecule has 1 N–H and O–H groups in total. The number of nitrogens with zero attached hydrogens (tertiary/aromatic N) is 1. The van der Waals surface area contributed by atoms with Gasteiger partial charge in [0.2, 0.25) is 0 Å². The van der Waals surface area contributed by atoms with Crippen LogP contribution in [0.5, 0.6) is 0 Å². The lowest BCUT2D eigenvalue weighted by atomic mass is 10.3. The fraction of sp³-hybridized carbons (Fsp3) is 0. The number of anilines is 1. The summed E-state index contributed by atoms with van der Waals surface area (Å²) in [4.78, 5) is 3.66. The van der Waals surface area contributed by atoms with Crippen molar-refractivity contribution in [1.82, 2.24) is 4.98 Å². The fourth-order valence-electron chi connectivity index (χ4n) is 1.32. The molecule has 0 amide bonds. The third-order valence-corrected chi connectivity index (χ3v) is 4.16. The smallest absolute Gasteiger partial charge is 0.263 e. The normalized spacial score (nSPS) is 11.3. The molecule has 4 nitrogen and oxygen atoms in total. The molecule has 0 aliphatic heterocycles. The van der Waals surface area contributed by atoms with E-state index in [1.54, 1.807) is 0 Å². The maximum Gasteiger partial charge on any atom is 0.263 e. The van der Waals surface area contributed by atoms with Crippen molar-refractivity contribution >= 4 is 43.2 Å². The minimum Gasteiger partial charge on any atom is -0.277 e. The van der Waals surface area contributed by atoms with E-state index in [0.717, 1.165) is 12.3 Å². The van der Waals surface area contributed by atoms with Gasteiger partial charge in [0.25, 0.3) is 10.0 Å². The number of rotatable bonds is 3. The summed E-state index contributed by atoms with van der Waals surface area (Å²) in [6.45, 7) is 0. The summed E-state index contributed by atoms with van der Waals surface area (Å²) < 4.78 is 40.2. The van der Waals surface area contributed by atoms with Crippen molar-refractivity contribution in [2.45, 2.75) is 4.90 Å². The van der Waals surface area contributed by atoms with E-state index < -0.39 is 15.8 Å². The Bertz CT molecular complexity index is 724. The van der Waals surface area contributed by atoms with Crippen LogP contribution in [0.15, 0.2) is 46.0 Å². The Morgan fingerprint density at radius 1 is 1.26 bits per heavy atom. The molecule has 0 fully saturated rings. The van der Waals surface area contributed by atoms with Gasteiger partial charge in [-0.15, -0.1) is 0 Å². The number of sulfonamides is 1. The highest BCUT2D eigenvalue weighted by atomic mass is 79.9. The predicted molar refractivity (Wildman–Crippen MR) is 74.2 cm³/mol. The van der Waals surface area contributed by atoms with Crippen LogP contribution >= 0.6 is 27.5 Å². The first kappa shape index (κ1) is 14.2. The summed E-state index contributed by atoms with van der Waals surface area (Å²) >= 11 is 8.81. The summed E-state index contributed by atoms with van der Waals surface area (Å²) in [6, 6.07) is 4.96. The topological polar surface area (TPSA) is 59.1 Å². The van der Waals surface area contributed by atoms with Gasteiger partial charge >= 0.3 is 0 Å². The Morgan fingerprint density at radius 3 is 2.68 bits per heavy atom. The monoisotopic (exact) mass is 364 g/mol. The molecule has 0 saturated carbocycles. The van der Waals surface area contributed by atoms with Gasteiger partial charge in [-0.05, 0) is 40.2 Å². The number of benzene rings is 1. The van der Waals surface area contributed by atoms with Crippen molar-refractivity contribution in [2.75, 3.05) is 4.72 Å². The molecule has 0 atom stereocenters. The van der Waals surface area contributed by atoms with Gasteiger partial charge in [0.15, 0.2) is 0 Å². The zero-order valence-corrected chi connectivity index (χ0v) is 12.4. The molecule has 0 aliphatic carbocycles. The van der Waals surface area contributed by atoms with Gasteiger partial charge in [0.05, 0.1) is 5.69 Å². The van der Waals surface area contributed by atoms with Gasteiger partial charge in [0.1, 0.15) is 10.7 Å². The molecule has 0 aliphatic rings. The summed E-state index contributed by atoms with van der Waals surface area (Å²) in [7, 11) is -3.92. The standard InChI is InChI=1S/C11H7BrClFN2O2S/c12-7-3-9(6-15-5-7)19(17,18)16-11-4-8(13)1-2-10(11)14/h1-6,16H. The number of aromatic nitrogens is 1. The third kappa shape index (κ3) is 3.43. The lowest BCUT2D eigenvalue weighted by molar-refractivity contribution is 0.598. The van der Waals surface area contributed by atoms with Crippen molar-refractivity contribution in [1.29, 1.82) is 0 Å². The van der Waals surface area contributed by atoms with Crippen LogP contribution in [0.25, 0.3) is 0 Å². The second-order valence-corrected chi connectivity index (χ2v) is 6.60. The van der Waals surface area contributed by atoms with E-state index in [2.05, 4.69) is 25.6 Å². The van der Waals surface area contributed by atoms with E-state index in [9.17, 15) is 12.8 Å². The summed E-state index contributed by atoms with van der Waals surface area (Å²) in [5.41, 5.74) is -0.215. The minimum atomic E-state index is -3.92. The quantitative estimate of drug-likeness (QED) is 0.906. The summed E-state index contributed by atoms with van der Waals surface area (Å²) in [5.74, 6) is -0.712. The van der Waals surface area contributed by atoms with Crippen molar-refractivity contribution in [3.8, 4) is 0 Å². The average Bonchev–Trinajstić information content (AvgIpc) is 2.33. The molecule has 0 unspecified atom stereocenters. The molecule has 19 heavy (non-hydrogen) atoms. The van der Waals surface area contributed by atoms with Crippen LogP contribution < -0.4 is 4.72 Å². The number of hydrogen-bond acceptors (Lipinski definition) is 3. The van der Waals surface area contributed by atoms with Crippen molar-refractivity contribution in [3.05, 3.63) is 52.0 Å². The molecular weight excluding hydrogens is 359 g/mol. The number of halogens is 3. The predicted octanol–water partition coefficient (Wildman–Crippen LogP) is 3.44. The molecule has 2 aromatic rings. The van der Waals surface area contributed by atoms with E-state index in [1.807, 2.05) is 0 Å². The molecule has 1 aromatic carbocycles. The number of nitrogens with one attached hydrogen (secondary N) is 1. The Labute approximate surface area is 122 Å². The first-order valence-electron chi connectivity index (χ1n) is 4.97. The molecular formula is C11H7BrClFN2O2S. The average molecular weight is 366 g/mol. The highest BCUT2D eigenvalue weighted by molar-refractivity contribution is 9.10. The molecule has 0 radical (unpaired) electrons. The van der Waals surface area contributed by atoms with Gasteiger partial charge in [-0.1, -0.05) is 11.6 Å². The highest BCUT2D eigenvalue weighted by Crippen LogP contribution is 2.23. The third-order valence-electron chi connectivity index (χ3n) is 2.16. The lowest BCUT2D eigenvalue weighted by Crippen LogP contribution is -2.14. The van der Waals surface area contributed by atoms with E-state index >= 15 is 0 Å². The maximum absolute atomic E-state index is 13.5. The molecule has 0 bridgehead atoms. The molecule has 100 valence electrons. The van der Waals surface area contributed by atoms with Crippen molar-refractivity contribution in [2.24, 2.45) is 0 Å². The minimum absolute atomic E-state index is 0.0822. The molecule has 8 heteroatoms. The Morgan fingerprint density at radius 2 is 2.00 bits per heavy atom. The van der Waals surface area contributed by atoms with E-state index in [4.69, 9.17) is 11.6 Å². The number of hydrogen-bond donors (Lipinski definition) is 1. The van der Waals surface area contributed by atoms with Crippen LogP contribution in [0.3, 0.4) is 0 Å². The fourth-order valence-corrected chi connectivity index (χ4v) is 3.05. The molecule has 1 aromatic heterocycles. The second kappa shape index (κ2) is 5.44. The molecule has 0 saturated heterocycles. The zero-order valence-electron chi connectivity index (χ0n) is 9.27. The molecule has 0 spiro atoms. The second-order valence-electron chi connectivity index (χ2n) is 3.57. The molecule has 2 rings (SSSR count). The van der Waals surface area contributed by atoms with Gasteiger partial charge in [0, 0.05) is 21.9 Å². The van der Waals surface area contributed by atoms with E-state index in [1.165, 1.54) is 24.4 Å². The van der Waals surface area contributed by atoms with Crippen LogP contribution in [0, 0.1) is 5.82 Å². The first-order chi connectivity index (χ1) is 8.88. The summed E-state index contributed by atoms with van der Waals surface area (Å²) in [5, 5.41) is 0.228. The first-order valence-corrected chi connectivity index (χ1v) is 7.62. The van der Waals surface area contributed by atoms with Gasteiger partial charge in [-0.2, -0.15) is 0 Å². The zero-order chi connectivity index (χ0) is 14.0. The van der Waals surface area contributed by atoms with Crippen LogP contribution in [-0.4, -0.2) is 13.4 Å². The lowest BCUT2D eigenvalue weighted by Gasteiger charge is -2.09.